The summed E-state index contributed by atoms with van der Waals surface area (Å²) in [6, 6.07) is 18.0. The van der Waals surface area contributed by atoms with Gasteiger partial charge in [0.05, 0.1) is 0 Å². The Kier molecular flexibility index (Phi) is 4.90. The first-order valence-electron chi connectivity index (χ1n) is 6.55. The van der Waals surface area contributed by atoms with Gasteiger partial charge in [-0.3, -0.25) is 4.79 Å². The maximum absolute atomic E-state index is 11.6. The Morgan fingerprint density at radius 2 is 1.55 bits per heavy atom. The van der Waals surface area contributed by atoms with Crippen molar-refractivity contribution in [3.05, 3.63) is 78.9 Å². The van der Waals surface area contributed by atoms with E-state index < -0.39 is 0 Å². The van der Waals surface area contributed by atoms with Crippen LogP contribution in [0.15, 0.2) is 78.9 Å². The first-order chi connectivity index (χ1) is 9.79. The minimum absolute atomic E-state index is 0.129. The van der Waals surface area contributed by atoms with E-state index in [1.807, 2.05) is 61.5 Å². The normalized spacial score (nSPS) is 11.1. The molecule has 0 spiro atoms. The molecule has 2 heteroatoms. The minimum Gasteiger partial charge on any atom is -0.323 e. The lowest BCUT2D eigenvalue weighted by atomic mass is 10.1. The summed E-state index contributed by atoms with van der Waals surface area (Å²) in [4.78, 5) is 11.6. The predicted octanol–water partition coefficient (Wildman–Crippen LogP) is 4.42. The Balaban J connectivity index is 2.04. The Hall–Kier alpha value is -2.61. The second-order valence-electron chi connectivity index (χ2n) is 4.32. The SMILES string of the molecule is CC=CC=CC(=O)Nc1ccc(-c2ccccc2)cc1. The molecule has 0 bridgehead atoms. The maximum Gasteiger partial charge on any atom is 0.248 e. The number of carbonyl (C=O) groups is 1. The van der Waals surface area contributed by atoms with Crippen LogP contribution in [-0.2, 0) is 4.79 Å². The van der Waals surface area contributed by atoms with E-state index >= 15 is 0 Å². The van der Waals surface area contributed by atoms with Crippen molar-refractivity contribution in [2.45, 2.75) is 6.92 Å². The fourth-order valence-corrected chi connectivity index (χ4v) is 1.81. The molecule has 0 aliphatic heterocycles. The van der Waals surface area contributed by atoms with E-state index in [4.69, 9.17) is 0 Å². The molecule has 1 amide bonds. The average Bonchev–Trinajstić information content (AvgIpc) is 2.49. The van der Waals surface area contributed by atoms with E-state index in [1.54, 1.807) is 6.08 Å². The number of rotatable bonds is 4. The summed E-state index contributed by atoms with van der Waals surface area (Å²) in [5, 5.41) is 2.82. The van der Waals surface area contributed by atoms with Crippen LogP contribution in [0.2, 0.25) is 0 Å². The van der Waals surface area contributed by atoms with Crippen LogP contribution in [0.5, 0.6) is 0 Å². The second-order valence-corrected chi connectivity index (χ2v) is 4.32. The standard InChI is InChI=1S/C18H17NO/c1-2-3-5-10-18(20)19-17-13-11-16(12-14-17)15-8-6-4-7-9-15/h2-14H,1H3,(H,19,20). The molecular formula is C18H17NO. The summed E-state index contributed by atoms with van der Waals surface area (Å²) in [6.45, 7) is 1.91. The highest BCUT2D eigenvalue weighted by atomic mass is 16.1. The van der Waals surface area contributed by atoms with Gasteiger partial charge in [-0.2, -0.15) is 0 Å². The van der Waals surface area contributed by atoms with Crippen molar-refractivity contribution in [1.82, 2.24) is 0 Å². The first kappa shape index (κ1) is 13.8. The molecule has 0 saturated carbocycles. The summed E-state index contributed by atoms with van der Waals surface area (Å²) < 4.78 is 0. The lowest BCUT2D eigenvalue weighted by Gasteiger charge is -2.05. The fraction of sp³-hybridized carbons (Fsp3) is 0.0556. The van der Waals surface area contributed by atoms with Crippen molar-refractivity contribution in [1.29, 1.82) is 0 Å². The second kappa shape index (κ2) is 7.10. The van der Waals surface area contributed by atoms with Gasteiger partial charge in [0.2, 0.25) is 5.91 Å². The van der Waals surface area contributed by atoms with Crippen molar-refractivity contribution >= 4 is 11.6 Å². The zero-order valence-corrected chi connectivity index (χ0v) is 11.4. The topological polar surface area (TPSA) is 29.1 Å². The fourth-order valence-electron chi connectivity index (χ4n) is 1.81. The van der Waals surface area contributed by atoms with Gasteiger partial charge in [0, 0.05) is 11.8 Å². The van der Waals surface area contributed by atoms with Crippen molar-refractivity contribution < 1.29 is 4.79 Å². The van der Waals surface area contributed by atoms with Crippen LogP contribution < -0.4 is 5.32 Å². The molecule has 0 saturated heterocycles. The molecule has 0 aliphatic carbocycles. The monoisotopic (exact) mass is 263 g/mol. The summed E-state index contributed by atoms with van der Waals surface area (Å²) in [5.41, 5.74) is 3.09. The lowest BCUT2D eigenvalue weighted by Crippen LogP contribution is -2.07. The number of hydrogen-bond donors (Lipinski definition) is 1. The Morgan fingerprint density at radius 3 is 2.20 bits per heavy atom. The van der Waals surface area contributed by atoms with Gasteiger partial charge in [0.1, 0.15) is 0 Å². The van der Waals surface area contributed by atoms with Gasteiger partial charge in [0.15, 0.2) is 0 Å². The van der Waals surface area contributed by atoms with E-state index in [2.05, 4.69) is 17.4 Å². The van der Waals surface area contributed by atoms with Gasteiger partial charge >= 0.3 is 0 Å². The molecule has 0 radical (unpaired) electrons. The first-order valence-corrected chi connectivity index (χ1v) is 6.55. The van der Waals surface area contributed by atoms with E-state index in [1.165, 1.54) is 11.6 Å². The van der Waals surface area contributed by atoms with Crippen molar-refractivity contribution in [2.75, 3.05) is 5.32 Å². The molecule has 0 aromatic heterocycles. The van der Waals surface area contributed by atoms with Crippen molar-refractivity contribution in [2.24, 2.45) is 0 Å². The third-order valence-electron chi connectivity index (χ3n) is 2.81. The van der Waals surface area contributed by atoms with Gasteiger partial charge in [-0.05, 0) is 30.2 Å². The van der Waals surface area contributed by atoms with Crippen LogP contribution in [0, 0.1) is 0 Å². The van der Waals surface area contributed by atoms with Crippen LogP contribution in [0.4, 0.5) is 5.69 Å². The third kappa shape index (κ3) is 3.95. The van der Waals surface area contributed by atoms with Gasteiger partial charge in [-0.1, -0.05) is 60.7 Å². The molecule has 0 unspecified atom stereocenters. The van der Waals surface area contributed by atoms with E-state index in [0.717, 1.165) is 11.3 Å². The molecular weight excluding hydrogens is 246 g/mol. The lowest BCUT2D eigenvalue weighted by molar-refractivity contribution is -0.111. The number of hydrogen-bond acceptors (Lipinski definition) is 1. The van der Waals surface area contributed by atoms with Gasteiger partial charge in [0.25, 0.3) is 0 Å². The van der Waals surface area contributed by atoms with Crippen LogP contribution in [0.3, 0.4) is 0 Å². The number of nitrogens with one attached hydrogen (secondary N) is 1. The molecule has 2 nitrogen and oxygen atoms in total. The zero-order valence-electron chi connectivity index (χ0n) is 11.4. The number of allylic oxidation sites excluding steroid dienone is 3. The van der Waals surface area contributed by atoms with Crippen molar-refractivity contribution in [3.8, 4) is 11.1 Å². The van der Waals surface area contributed by atoms with Crippen molar-refractivity contribution in [3.63, 3.8) is 0 Å². The maximum atomic E-state index is 11.6. The van der Waals surface area contributed by atoms with E-state index in [-0.39, 0.29) is 5.91 Å². The predicted molar refractivity (Wildman–Crippen MR) is 84.5 cm³/mol. The molecule has 0 fully saturated rings. The molecule has 0 atom stereocenters. The Labute approximate surface area is 119 Å². The summed E-state index contributed by atoms with van der Waals surface area (Å²) in [5.74, 6) is -0.129. The highest BCUT2D eigenvalue weighted by Crippen LogP contribution is 2.20. The molecule has 2 rings (SSSR count). The van der Waals surface area contributed by atoms with E-state index in [0.29, 0.717) is 0 Å². The minimum atomic E-state index is -0.129. The highest BCUT2D eigenvalue weighted by molar-refractivity contribution is 5.99. The third-order valence-corrected chi connectivity index (χ3v) is 2.81. The number of benzene rings is 2. The van der Waals surface area contributed by atoms with Crippen LogP contribution in [-0.4, -0.2) is 5.91 Å². The number of anilines is 1. The largest absolute Gasteiger partial charge is 0.323 e. The van der Waals surface area contributed by atoms with Crippen LogP contribution in [0.1, 0.15) is 6.92 Å². The molecule has 0 heterocycles. The number of amides is 1. The van der Waals surface area contributed by atoms with Gasteiger partial charge in [-0.25, -0.2) is 0 Å². The van der Waals surface area contributed by atoms with Crippen LogP contribution in [0.25, 0.3) is 11.1 Å². The Bertz CT molecular complexity index is 610. The molecule has 2 aromatic rings. The summed E-state index contributed by atoms with van der Waals surface area (Å²) >= 11 is 0. The zero-order chi connectivity index (χ0) is 14.2. The summed E-state index contributed by atoms with van der Waals surface area (Å²) in [6.07, 6.45) is 6.91. The molecule has 2 aromatic carbocycles. The number of carbonyl (C=O) groups excluding carboxylic acids is 1. The molecule has 0 aliphatic rings. The quantitative estimate of drug-likeness (QED) is 0.642. The highest BCUT2D eigenvalue weighted by Gasteiger charge is 1.99. The van der Waals surface area contributed by atoms with Gasteiger partial charge in [-0.15, -0.1) is 0 Å². The molecule has 100 valence electrons. The molecule has 20 heavy (non-hydrogen) atoms. The smallest absolute Gasteiger partial charge is 0.248 e. The van der Waals surface area contributed by atoms with Gasteiger partial charge < -0.3 is 5.32 Å². The van der Waals surface area contributed by atoms with E-state index in [9.17, 15) is 4.79 Å². The molecule has 1 N–H and O–H groups in total. The summed E-state index contributed by atoms with van der Waals surface area (Å²) in [7, 11) is 0. The average molecular weight is 263 g/mol. The van der Waals surface area contributed by atoms with Crippen LogP contribution >= 0.6 is 0 Å². The Morgan fingerprint density at radius 1 is 0.900 bits per heavy atom.